The molecule has 0 saturated heterocycles. The molecule has 0 unspecified atom stereocenters. The SMILES string of the molecule is CCOc1cc2ccc3cc(C)ccc3c2c2ccccc12. The van der Waals surface area contributed by atoms with Gasteiger partial charge in [0, 0.05) is 5.39 Å². The van der Waals surface area contributed by atoms with Crippen molar-refractivity contribution >= 4 is 32.3 Å². The van der Waals surface area contributed by atoms with E-state index in [0.717, 1.165) is 5.75 Å². The molecule has 1 heteroatoms. The first-order valence-electron chi connectivity index (χ1n) is 7.75. The third-order valence-electron chi connectivity index (χ3n) is 4.26. The summed E-state index contributed by atoms with van der Waals surface area (Å²) in [5.74, 6) is 0.970. The lowest BCUT2D eigenvalue weighted by Gasteiger charge is -2.13. The van der Waals surface area contributed by atoms with E-state index in [2.05, 4.69) is 67.6 Å². The minimum absolute atomic E-state index is 0.683. The van der Waals surface area contributed by atoms with Gasteiger partial charge in [-0.05, 0) is 46.8 Å². The topological polar surface area (TPSA) is 9.23 Å². The molecule has 0 saturated carbocycles. The van der Waals surface area contributed by atoms with E-state index in [1.54, 1.807) is 0 Å². The van der Waals surface area contributed by atoms with E-state index in [0.29, 0.717) is 6.61 Å². The quantitative estimate of drug-likeness (QED) is 0.420. The zero-order valence-electron chi connectivity index (χ0n) is 12.9. The summed E-state index contributed by atoms with van der Waals surface area (Å²) in [6.45, 7) is 4.85. The lowest BCUT2D eigenvalue weighted by atomic mass is 9.95. The van der Waals surface area contributed by atoms with Gasteiger partial charge in [0.05, 0.1) is 6.61 Å². The zero-order chi connectivity index (χ0) is 15.1. The Labute approximate surface area is 130 Å². The van der Waals surface area contributed by atoms with Crippen LogP contribution in [0.25, 0.3) is 32.3 Å². The Balaban J connectivity index is 2.23. The molecule has 0 aliphatic carbocycles. The Morgan fingerprint density at radius 3 is 2.36 bits per heavy atom. The van der Waals surface area contributed by atoms with Crippen LogP contribution in [0.2, 0.25) is 0 Å². The van der Waals surface area contributed by atoms with E-state index >= 15 is 0 Å². The summed E-state index contributed by atoms with van der Waals surface area (Å²) in [4.78, 5) is 0. The molecule has 0 bridgehead atoms. The van der Waals surface area contributed by atoms with Crippen LogP contribution in [-0.2, 0) is 0 Å². The second-order valence-electron chi connectivity index (χ2n) is 5.74. The summed E-state index contributed by atoms with van der Waals surface area (Å²) >= 11 is 0. The minimum Gasteiger partial charge on any atom is -0.493 e. The van der Waals surface area contributed by atoms with Gasteiger partial charge in [0.2, 0.25) is 0 Å². The van der Waals surface area contributed by atoms with E-state index in [1.165, 1.54) is 37.9 Å². The first kappa shape index (κ1) is 13.1. The molecule has 0 spiro atoms. The highest BCUT2D eigenvalue weighted by molar-refractivity contribution is 6.21. The van der Waals surface area contributed by atoms with Crippen molar-refractivity contribution in [3.8, 4) is 5.75 Å². The van der Waals surface area contributed by atoms with Gasteiger partial charge >= 0.3 is 0 Å². The van der Waals surface area contributed by atoms with Gasteiger partial charge in [-0.2, -0.15) is 0 Å². The summed E-state index contributed by atoms with van der Waals surface area (Å²) in [5, 5.41) is 7.60. The number of fused-ring (bicyclic) bond motifs is 5. The maximum absolute atomic E-state index is 5.86. The van der Waals surface area contributed by atoms with Crippen molar-refractivity contribution in [2.75, 3.05) is 6.61 Å². The molecule has 22 heavy (non-hydrogen) atoms. The van der Waals surface area contributed by atoms with E-state index in [4.69, 9.17) is 4.74 Å². The van der Waals surface area contributed by atoms with Gasteiger partial charge in [0.1, 0.15) is 5.75 Å². The first-order valence-corrected chi connectivity index (χ1v) is 7.75. The second kappa shape index (κ2) is 5.03. The number of hydrogen-bond acceptors (Lipinski definition) is 1. The number of ether oxygens (including phenoxy) is 1. The molecular formula is C21H18O. The average molecular weight is 286 g/mol. The third-order valence-corrected chi connectivity index (χ3v) is 4.26. The second-order valence-corrected chi connectivity index (χ2v) is 5.74. The van der Waals surface area contributed by atoms with Crippen molar-refractivity contribution in [3.05, 3.63) is 66.2 Å². The number of aryl methyl sites for hydroxylation is 1. The molecule has 0 aliphatic rings. The molecule has 0 heterocycles. The van der Waals surface area contributed by atoms with Gasteiger partial charge in [-0.25, -0.2) is 0 Å². The van der Waals surface area contributed by atoms with E-state index in [1.807, 2.05) is 6.92 Å². The lowest BCUT2D eigenvalue weighted by Crippen LogP contribution is -1.93. The molecular weight excluding hydrogens is 268 g/mol. The molecule has 0 atom stereocenters. The molecule has 0 radical (unpaired) electrons. The molecule has 0 aliphatic heterocycles. The highest BCUT2D eigenvalue weighted by Gasteiger charge is 2.10. The summed E-state index contributed by atoms with van der Waals surface area (Å²) in [5.41, 5.74) is 1.29. The van der Waals surface area contributed by atoms with Gasteiger partial charge < -0.3 is 4.74 Å². The Hall–Kier alpha value is -2.54. The van der Waals surface area contributed by atoms with Crippen molar-refractivity contribution in [1.29, 1.82) is 0 Å². The van der Waals surface area contributed by atoms with E-state index < -0.39 is 0 Å². The Bertz CT molecular complexity index is 999. The molecule has 0 amide bonds. The van der Waals surface area contributed by atoms with Gasteiger partial charge in [-0.3, -0.25) is 0 Å². The van der Waals surface area contributed by atoms with Crippen LogP contribution >= 0.6 is 0 Å². The molecule has 0 aromatic heterocycles. The Kier molecular flexibility index (Phi) is 3.00. The normalized spacial score (nSPS) is 11.4. The summed E-state index contributed by atoms with van der Waals surface area (Å²) in [6.07, 6.45) is 0. The van der Waals surface area contributed by atoms with Gasteiger partial charge in [-0.15, -0.1) is 0 Å². The first-order chi connectivity index (χ1) is 10.8. The predicted octanol–water partition coefficient (Wildman–Crippen LogP) is 5.85. The molecule has 1 nitrogen and oxygen atoms in total. The number of benzene rings is 4. The van der Waals surface area contributed by atoms with Gasteiger partial charge in [0.15, 0.2) is 0 Å². The van der Waals surface area contributed by atoms with Crippen molar-refractivity contribution < 1.29 is 4.74 Å². The van der Waals surface area contributed by atoms with E-state index in [9.17, 15) is 0 Å². The molecule has 4 aromatic rings. The third kappa shape index (κ3) is 1.93. The predicted molar refractivity (Wildman–Crippen MR) is 94.9 cm³/mol. The summed E-state index contributed by atoms with van der Waals surface area (Å²) < 4.78 is 5.86. The lowest BCUT2D eigenvalue weighted by molar-refractivity contribution is 0.345. The van der Waals surface area contributed by atoms with Crippen LogP contribution in [0.4, 0.5) is 0 Å². The highest BCUT2D eigenvalue weighted by atomic mass is 16.5. The molecule has 4 rings (SSSR count). The fourth-order valence-corrected chi connectivity index (χ4v) is 3.30. The summed E-state index contributed by atoms with van der Waals surface area (Å²) in [7, 11) is 0. The number of hydrogen-bond donors (Lipinski definition) is 0. The summed E-state index contributed by atoms with van der Waals surface area (Å²) in [6, 6.07) is 21.8. The smallest absolute Gasteiger partial charge is 0.127 e. The van der Waals surface area contributed by atoms with Crippen LogP contribution in [0.15, 0.2) is 60.7 Å². The van der Waals surface area contributed by atoms with Gasteiger partial charge in [0.25, 0.3) is 0 Å². The fraction of sp³-hybridized carbons (Fsp3) is 0.143. The monoisotopic (exact) mass is 286 g/mol. The van der Waals surface area contributed by atoms with Crippen molar-refractivity contribution in [2.45, 2.75) is 13.8 Å². The van der Waals surface area contributed by atoms with Crippen molar-refractivity contribution in [3.63, 3.8) is 0 Å². The van der Waals surface area contributed by atoms with Crippen LogP contribution in [0, 0.1) is 6.92 Å². The van der Waals surface area contributed by atoms with Crippen LogP contribution in [-0.4, -0.2) is 6.61 Å². The fourth-order valence-electron chi connectivity index (χ4n) is 3.30. The number of rotatable bonds is 2. The Morgan fingerprint density at radius 1 is 0.773 bits per heavy atom. The Morgan fingerprint density at radius 2 is 1.55 bits per heavy atom. The van der Waals surface area contributed by atoms with Crippen molar-refractivity contribution in [2.24, 2.45) is 0 Å². The van der Waals surface area contributed by atoms with Crippen LogP contribution in [0.5, 0.6) is 5.75 Å². The van der Waals surface area contributed by atoms with Crippen LogP contribution in [0.1, 0.15) is 12.5 Å². The zero-order valence-corrected chi connectivity index (χ0v) is 12.9. The van der Waals surface area contributed by atoms with Crippen molar-refractivity contribution in [1.82, 2.24) is 0 Å². The standard InChI is InChI=1S/C21H18O/c1-3-22-20-13-16-10-9-15-12-14(2)8-11-17(15)21(16)19-7-5-4-6-18(19)20/h4-13H,3H2,1-2H3. The molecule has 0 N–H and O–H groups in total. The molecule has 0 fully saturated rings. The maximum Gasteiger partial charge on any atom is 0.127 e. The van der Waals surface area contributed by atoms with Crippen LogP contribution < -0.4 is 4.74 Å². The molecule has 4 aromatic carbocycles. The van der Waals surface area contributed by atoms with E-state index in [-0.39, 0.29) is 0 Å². The maximum atomic E-state index is 5.86. The minimum atomic E-state index is 0.683. The average Bonchev–Trinajstić information content (AvgIpc) is 2.54. The molecule has 108 valence electrons. The van der Waals surface area contributed by atoms with Gasteiger partial charge in [-0.1, -0.05) is 60.2 Å². The highest BCUT2D eigenvalue weighted by Crippen LogP contribution is 2.37. The largest absolute Gasteiger partial charge is 0.493 e. The van der Waals surface area contributed by atoms with Crippen LogP contribution in [0.3, 0.4) is 0 Å².